The van der Waals surface area contributed by atoms with Gasteiger partial charge >= 0.3 is 59.7 Å². The molecule has 27 nitrogen and oxygen atoms in total. The molecule has 22 atom stereocenters. The van der Waals surface area contributed by atoms with E-state index in [0.29, 0.717) is 77.0 Å². The Kier molecular flexibility index (Phi) is 37.5. The Balaban J connectivity index is 0.839. The highest BCUT2D eigenvalue weighted by Gasteiger charge is 2.48. The van der Waals surface area contributed by atoms with E-state index in [4.69, 9.17) is 80.5 Å². The molecule has 27 heteroatoms. The highest BCUT2D eigenvalue weighted by molar-refractivity contribution is 5.78. The minimum absolute atomic E-state index is 0.0838. The summed E-state index contributed by atoms with van der Waals surface area (Å²) >= 11 is 0. The van der Waals surface area contributed by atoms with Gasteiger partial charge in [0.1, 0.15) is 55.9 Å². The zero-order valence-corrected chi connectivity index (χ0v) is 64.2. The topological polar surface area (TPSA) is 328 Å². The Morgan fingerprint density at radius 3 is 0.838 bits per heavy atom. The quantitative estimate of drug-likeness (QED) is 0.0310. The lowest BCUT2D eigenvalue weighted by Gasteiger charge is -2.42. The Bertz CT molecular complexity index is 2730. The number of esters is 10. The maximum atomic E-state index is 13.4. The third-order valence-corrected chi connectivity index (χ3v) is 21.0. The fourth-order valence-corrected chi connectivity index (χ4v) is 14.7. The van der Waals surface area contributed by atoms with Crippen molar-refractivity contribution in [3.05, 3.63) is 0 Å². The van der Waals surface area contributed by atoms with E-state index in [1.807, 2.05) is 6.92 Å². The molecule has 0 N–H and O–H groups in total. The summed E-state index contributed by atoms with van der Waals surface area (Å²) in [6.07, 6.45) is 8.14. The molecule has 7 heterocycles. The van der Waals surface area contributed by atoms with Crippen molar-refractivity contribution < 1.29 is 128 Å². The van der Waals surface area contributed by atoms with E-state index in [1.54, 1.807) is 48.5 Å². The van der Waals surface area contributed by atoms with Crippen LogP contribution >= 0.6 is 0 Å². The first-order chi connectivity index (χ1) is 50.4. The lowest BCUT2D eigenvalue weighted by atomic mass is 9.92. The molecule has 0 spiro atoms. The van der Waals surface area contributed by atoms with E-state index in [0.717, 1.165) is 103 Å². The SMILES string of the molecule is CCCCCC1OC(=O)C(C)OC1CC1OC(=O)C(C)OC1CCCCCCCC(=O)OCC(COC(=O)CCCCCCCC1OC(=O)C(C)OC1CC1OC(C)C(=O)OC1CC1OC(C)C(=O)OC1CC)OC(=O)CCCCCCCC1OC(C)C(=O)OC1CC1OC(=O)C(C)OC1CCCCC. The molecule has 22 unspecified atom stereocenters. The first-order valence-electron chi connectivity index (χ1n) is 40.0. The molecule has 598 valence electrons. The zero-order chi connectivity index (χ0) is 76.0. The average Bonchev–Trinajstić information content (AvgIpc) is 0.773. The van der Waals surface area contributed by atoms with Gasteiger partial charge in [0.25, 0.3) is 0 Å². The molecule has 0 radical (unpaired) electrons. The van der Waals surface area contributed by atoms with E-state index in [-0.39, 0.29) is 63.9 Å². The van der Waals surface area contributed by atoms with Crippen LogP contribution in [0.2, 0.25) is 0 Å². The third-order valence-electron chi connectivity index (χ3n) is 21.0. The number of carbonyl (C=O) groups is 10. The molecular formula is C78H124O27. The Morgan fingerprint density at radius 2 is 0.505 bits per heavy atom. The molecule has 0 aliphatic carbocycles. The molecule has 105 heavy (non-hydrogen) atoms. The minimum atomic E-state index is -1.05. The molecule has 0 aromatic rings. The monoisotopic (exact) mass is 1490 g/mol. The van der Waals surface area contributed by atoms with Gasteiger partial charge in [-0.3, -0.25) is 14.4 Å². The molecule has 0 bridgehead atoms. The van der Waals surface area contributed by atoms with Gasteiger partial charge in [-0.25, -0.2) is 33.6 Å². The fraction of sp³-hybridized carbons (Fsp3) is 0.872. The van der Waals surface area contributed by atoms with Crippen LogP contribution in [0.4, 0.5) is 0 Å². The van der Waals surface area contributed by atoms with Gasteiger partial charge in [-0.05, 0) is 119 Å². The van der Waals surface area contributed by atoms with Crippen molar-refractivity contribution in [1.29, 1.82) is 0 Å². The van der Waals surface area contributed by atoms with E-state index >= 15 is 0 Å². The van der Waals surface area contributed by atoms with Crippen molar-refractivity contribution >= 4 is 59.7 Å². The molecule has 0 aromatic carbocycles. The smallest absolute Gasteiger partial charge is 0.335 e. The van der Waals surface area contributed by atoms with Gasteiger partial charge in [-0.2, -0.15) is 0 Å². The minimum Gasteiger partial charge on any atom is -0.462 e. The number of hydrogen-bond donors (Lipinski definition) is 0. The summed E-state index contributed by atoms with van der Waals surface area (Å²) < 4.78 is 101. The first kappa shape index (κ1) is 86.7. The van der Waals surface area contributed by atoms with Crippen molar-refractivity contribution in [3.63, 3.8) is 0 Å². The molecular weight excluding hydrogens is 1370 g/mol. The van der Waals surface area contributed by atoms with Gasteiger partial charge in [-0.15, -0.1) is 0 Å². The highest BCUT2D eigenvalue weighted by atomic mass is 16.7. The molecule has 7 aliphatic rings. The molecule has 0 saturated carbocycles. The standard InChI is InChI=1S/C78H124O27/c1-11-14-25-33-56-65(103-76(86)47(4)91-56)44-66-58(93-49(6)77(87)104-66)36-28-20-18-24-32-40-71(81)98-54(45-89-69(79)38-30-22-16-19-27-35-57-64(102-75(85)48(5)92-57)42-62-59(34-26-15-12-2)100-73(83)51(8)95-62)46-90-70(80)39-31-23-17-21-29-37-60-63(96-52(9)74(84)101-60)43-67-68(105-78(88)53(10)97-67)41-61-55(13-3)99-72(82)50(7)94-61/h47-68H,11-46H2,1-10H3. The molecule has 7 fully saturated rings. The summed E-state index contributed by atoms with van der Waals surface area (Å²) in [7, 11) is 0. The van der Waals surface area contributed by atoms with E-state index < -0.39 is 182 Å². The van der Waals surface area contributed by atoms with E-state index in [2.05, 4.69) is 13.8 Å². The predicted molar refractivity (Wildman–Crippen MR) is 375 cm³/mol. The van der Waals surface area contributed by atoms with E-state index in [9.17, 15) is 47.9 Å². The van der Waals surface area contributed by atoms with Crippen LogP contribution in [-0.4, -0.2) is 207 Å². The number of rotatable bonds is 46. The summed E-state index contributed by atoms with van der Waals surface area (Å²) in [6.45, 7) is 17.0. The summed E-state index contributed by atoms with van der Waals surface area (Å²) in [5, 5.41) is 0. The molecule has 7 saturated heterocycles. The van der Waals surface area contributed by atoms with Crippen LogP contribution in [0.1, 0.15) is 288 Å². The third kappa shape index (κ3) is 28.7. The second-order valence-electron chi connectivity index (χ2n) is 29.8. The van der Waals surface area contributed by atoms with Crippen LogP contribution in [0.15, 0.2) is 0 Å². The number of cyclic esters (lactones) is 7. The van der Waals surface area contributed by atoms with Crippen LogP contribution in [0.3, 0.4) is 0 Å². The van der Waals surface area contributed by atoms with E-state index in [1.165, 1.54) is 0 Å². The van der Waals surface area contributed by atoms with Gasteiger partial charge in [0.15, 0.2) is 48.8 Å². The Hall–Kier alpha value is -5.58. The van der Waals surface area contributed by atoms with Gasteiger partial charge < -0.3 is 80.5 Å². The summed E-state index contributed by atoms with van der Waals surface area (Å²) in [6, 6.07) is 0. The van der Waals surface area contributed by atoms with Crippen LogP contribution < -0.4 is 0 Å². The first-order valence-corrected chi connectivity index (χ1v) is 40.0. The van der Waals surface area contributed by atoms with Crippen LogP contribution in [0, 0.1) is 0 Å². The lowest BCUT2D eigenvalue weighted by Crippen LogP contribution is -2.54. The number of ether oxygens (including phenoxy) is 17. The largest absolute Gasteiger partial charge is 0.462 e. The van der Waals surface area contributed by atoms with Crippen molar-refractivity contribution in [2.24, 2.45) is 0 Å². The Morgan fingerprint density at radius 1 is 0.276 bits per heavy atom. The Labute approximate surface area is 620 Å². The highest BCUT2D eigenvalue weighted by Crippen LogP contribution is 2.36. The second-order valence-corrected chi connectivity index (χ2v) is 29.8. The summed E-state index contributed by atoms with van der Waals surface area (Å²) in [5.74, 6) is -4.67. The second kappa shape index (κ2) is 45.4. The fourth-order valence-electron chi connectivity index (χ4n) is 14.7. The molecule has 7 aliphatic heterocycles. The van der Waals surface area contributed by atoms with Gasteiger partial charge in [0, 0.05) is 44.9 Å². The van der Waals surface area contributed by atoms with Crippen LogP contribution in [-0.2, 0) is 128 Å². The normalized spacial score (nSPS) is 32.5. The maximum Gasteiger partial charge on any atom is 0.335 e. The maximum absolute atomic E-state index is 13.4. The molecule has 0 amide bonds. The number of carbonyl (C=O) groups excluding carboxylic acids is 10. The van der Waals surface area contributed by atoms with Crippen LogP contribution in [0.5, 0.6) is 0 Å². The van der Waals surface area contributed by atoms with Crippen molar-refractivity contribution in [3.8, 4) is 0 Å². The molecule has 0 aromatic heterocycles. The van der Waals surface area contributed by atoms with Crippen LogP contribution in [0.25, 0.3) is 0 Å². The lowest BCUT2D eigenvalue weighted by molar-refractivity contribution is -0.230. The van der Waals surface area contributed by atoms with Crippen molar-refractivity contribution in [2.75, 3.05) is 13.2 Å². The zero-order valence-electron chi connectivity index (χ0n) is 64.2. The van der Waals surface area contributed by atoms with Gasteiger partial charge in [-0.1, -0.05) is 124 Å². The summed E-state index contributed by atoms with van der Waals surface area (Å²) in [4.78, 5) is 128. The predicted octanol–water partition coefficient (Wildman–Crippen LogP) is 11.2. The van der Waals surface area contributed by atoms with Gasteiger partial charge in [0.05, 0.1) is 42.7 Å². The molecule has 7 rings (SSSR count). The van der Waals surface area contributed by atoms with Crippen molar-refractivity contribution in [1.82, 2.24) is 0 Å². The number of hydrogen-bond acceptors (Lipinski definition) is 27. The van der Waals surface area contributed by atoms with Gasteiger partial charge in [0.2, 0.25) is 0 Å². The number of unbranched alkanes of at least 4 members (excludes halogenated alkanes) is 16. The summed E-state index contributed by atoms with van der Waals surface area (Å²) in [5.41, 5.74) is 0. The van der Waals surface area contributed by atoms with Crippen molar-refractivity contribution in [2.45, 2.75) is 422 Å². The average molecular weight is 1490 g/mol.